The van der Waals surface area contributed by atoms with Gasteiger partial charge in [0.15, 0.2) is 5.78 Å². The predicted octanol–water partition coefficient (Wildman–Crippen LogP) is 10.2. The average Bonchev–Trinajstić information content (AvgIpc) is 3.54. The van der Waals surface area contributed by atoms with Crippen LogP contribution in [-0.2, 0) is 18.0 Å². The molecule has 0 saturated heterocycles. The van der Waals surface area contributed by atoms with Gasteiger partial charge in [0.25, 0.3) is 0 Å². The number of ketones is 2. The van der Waals surface area contributed by atoms with E-state index in [1.807, 2.05) is 0 Å². The van der Waals surface area contributed by atoms with Gasteiger partial charge in [-0.1, -0.05) is 24.3 Å². The minimum Gasteiger partial charge on any atom is -0.488 e. The van der Waals surface area contributed by atoms with Gasteiger partial charge in [-0.25, -0.2) is 26.7 Å². The van der Waals surface area contributed by atoms with Gasteiger partial charge >= 0.3 is 5.97 Å². The number of carboxylic acid groups (broad SMARTS) is 1. The second-order valence-corrected chi connectivity index (χ2v) is 12.4. The maximum atomic E-state index is 14.7. The van der Waals surface area contributed by atoms with E-state index in [-0.39, 0.29) is 71.8 Å². The summed E-state index contributed by atoms with van der Waals surface area (Å²) in [7, 11) is 0. The molecule has 0 bridgehead atoms. The second kappa shape index (κ2) is 18.0. The molecule has 6 aromatic rings. The third-order valence-corrected chi connectivity index (χ3v) is 8.29. The summed E-state index contributed by atoms with van der Waals surface area (Å²) >= 11 is 0. The lowest BCUT2D eigenvalue weighted by Crippen LogP contribution is -2.06. The number of nitrogens with zero attached hydrogens (tertiary/aromatic N) is 1. The third kappa shape index (κ3) is 10.5. The van der Waals surface area contributed by atoms with Crippen molar-refractivity contribution in [1.29, 1.82) is 0 Å². The van der Waals surface area contributed by atoms with Gasteiger partial charge in [0, 0.05) is 24.1 Å². The highest BCUT2D eigenvalue weighted by Gasteiger charge is 2.19. The fraction of sp³-hybridized carbons (Fsp3) is 0.140. The van der Waals surface area contributed by atoms with Crippen molar-refractivity contribution in [2.24, 2.45) is 0 Å². The summed E-state index contributed by atoms with van der Waals surface area (Å²) in [5.74, 6) is -3.48. The maximum absolute atomic E-state index is 14.7. The third-order valence-electron chi connectivity index (χ3n) is 8.29. The molecule has 1 heterocycles. The Morgan fingerprint density at radius 2 is 1.16 bits per heavy atom. The lowest BCUT2D eigenvalue weighted by molar-refractivity contribution is -0.117. The number of aromatic nitrogens is 1. The molecule has 0 unspecified atom stereocenters. The fourth-order valence-corrected chi connectivity index (χ4v) is 5.47. The van der Waals surface area contributed by atoms with Crippen LogP contribution < -0.4 is 9.47 Å². The predicted molar refractivity (Wildman–Crippen MR) is 195 cm³/mol. The Hall–Kier alpha value is -6.56. The van der Waals surface area contributed by atoms with Crippen molar-refractivity contribution in [3.63, 3.8) is 0 Å². The van der Waals surface area contributed by atoms with E-state index in [1.54, 1.807) is 43.3 Å². The van der Waals surface area contributed by atoms with Crippen LogP contribution in [0, 0.1) is 36.0 Å². The molecule has 0 aliphatic carbocycles. The van der Waals surface area contributed by atoms with Crippen molar-refractivity contribution in [3.8, 4) is 28.4 Å². The molecule has 7 nitrogen and oxygen atoms in total. The first kappa shape index (κ1) is 39.6. The van der Waals surface area contributed by atoms with Crippen molar-refractivity contribution in [2.45, 2.75) is 39.9 Å². The van der Waals surface area contributed by atoms with Crippen LogP contribution in [0.2, 0.25) is 0 Å². The lowest BCUT2D eigenvalue weighted by atomic mass is 10.0. The first-order valence-electron chi connectivity index (χ1n) is 16.9. The molecule has 12 heteroatoms. The summed E-state index contributed by atoms with van der Waals surface area (Å²) in [6.07, 6.45) is 0.110. The molecule has 1 aromatic heterocycles. The van der Waals surface area contributed by atoms with Gasteiger partial charge in [-0.2, -0.15) is 0 Å². The fourth-order valence-electron chi connectivity index (χ4n) is 5.47. The van der Waals surface area contributed by atoms with Crippen molar-refractivity contribution in [1.82, 2.24) is 4.57 Å². The number of hydrogen-bond acceptors (Lipinski definition) is 5. The van der Waals surface area contributed by atoms with Crippen LogP contribution in [0.5, 0.6) is 11.5 Å². The number of aromatic carboxylic acids is 1. The number of carboxylic acids is 1. The van der Waals surface area contributed by atoms with E-state index in [1.165, 1.54) is 78.2 Å². The van der Waals surface area contributed by atoms with Crippen LogP contribution in [0.15, 0.2) is 115 Å². The Bertz CT molecular complexity index is 2320. The summed E-state index contributed by atoms with van der Waals surface area (Å²) in [6.45, 7) is 3.36. The first-order chi connectivity index (χ1) is 26.3. The molecule has 0 aliphatic rings. The largest absolute Gasteiger partial charge is 0.488 e. The molecular weight excluding hydrogens is 721 g/mol. The molecule has 282 valence electrons. The summed E-state index contributed by atoms with van der Waals surface area (Å²) in [4.78, 5) is 34.5. The van der Waals surface area contributed by atoms with E-state index < -0.39 is 23.4 Å². The highest BCUT2D eigenvalue weighted by molar-refractivity contribution is 6.00. The van der Waals surface area contributed by atoms with Crippen LogP contribution in [0.4, 0.5) is 22.0 Å². The second-order valence-electron chi connectivity index (χ2n) is 12.4. The summed E-state index contributed by atoms with van der Waals surface area (Å²) in [6, 6.07) is 26.1. The normalized spacial score (nSPS) is 10.7. The van der Waals surface area contributed by atoms with Gasteiger partial charge in [0.05, 0.1) is 22.5 Å². The number of carbonyl (C=O) groups is 3. The van der Waals surface area contributed by atoms with E-state index in [9.17, 15) is 41.4 Å². The Balaban J connectivity index is 0.000000223. The molecule has 0 radical (unpaired) electrons. The Morgan fingerprint density at radius 3 is 1.75 bits per heavy atom. The van der Waals surface area contributed by atoms with Gasteiger partial charge in [-0.15, -0.1) is 0 Å². The number of aryl methyl sites for hydroxylation is 1. The standard InChI is InChI=1S/C25H18F3NO3.C18H16F2O3/c1-15-2-10-22(29(15)23-12-17(25(30)31)5-9-21(23)28)20-13-19(27)8-11-24(20)32-14-16-3-6-18(26)7-4-16;1-12(21)2-8-17(22)16-10-15(20)7-9-18(16)23-11-13-3-5-14(19)6-4-13/h2-13H,14H2,1H3,(H,30,31);3-7,9-10H,2,8,11H2,1H3. The number of benzene rings is 5. The average molecular weight is 756 g/mol. The van der Waals surface area contributed by atoms with E-state index in [0.29, 0.717) is 28.3 Å². The van der Waals surface area contributed by atoms with Crippen molar-refractivity contribution >= 4 is 17.5 Å². The highest BCUT2D eigenvalue weighted by atomic mass is 19.1. The Kier molecular flexibility index (Phi) is 13.0. The quantitative estimate of drug-likeness (QED) is 0.0932. The number of hydrogen-bond donors (Lipinski definition) is 1. The SMILES string of the molecule is CC(=O)CCC(=O)c1cc(F)ccc1OCc1ccc(F)cc1.Cc1ccc(-c2cc(F)ccc2OCc2ccc(F)cc2)n1-c1cc(C(=O)O)ccc1F. The number of ether oxygens (including phenoxy) is 2. The maximum Gasteiger partial charge on any atom is 0.335 e. The van der Waals surface area contributed by atoms with Crippen LogP contribution in [0.1, 0.15) is 57.3 Å². The van der Waals surface area contributed by atoms with Gasteiger partial charge in [-0.3, -0.25) is 4.79 Å². The van der Waals surface area contributed by atoms with E-state index in [0.717, 1.165) is 17.7 Å². The molecule has 6 rings (SSSR count). The number of rotatable bonds is 13. The first-order valence-corrected chi connectivity index (χ1v) is 16.9. The molecular formula is C43H34F5NO6. The summed E-state index contributed by atoms with van der Waals surface area (Å²) in [5, 5.41) is 9.30. The zero-order valence-electron chi connectivity index (χ0n) is 29.6. The van der Waals surface area contributed by atoms with Crippen LogP contribution in [0.25, 0.3) is 16.9 Å². The monoisotopic (exact) mass is 755 g/mol. The van der Waals surface area contributed by atoms with Crippen LogP contribution in [-0.4, -0.2) is 27.2 Å². The molecule has 0 fully saturated rings. The molecule has 0 amide bonds. The summed E-state index contributed by atoms with van der Waals surface area (Å²) in [5.41, 5.74) is 2.90. The smallest absolute Gasteiger partial charge is 0.335 e. The molecule has 1 N–H and O–H groups in total. The lowest BCUT2D eigenvalue weighted by Gasteiger charge is -2.17. The number of carbonyl (C=O) groups excluding carboxylic acids is 2. The zero-order chi connectivity index (χ0) is 39.6. The van der Waals surface area contributed by atoms with Gasteiger partial charge in [-0.05, 0) is 116 Å². The minimum absolute atomic E-state index is 0.00565. The molecule has 0 spiro atoms. The Labute approximate surface area is 313 Å². The number of halogens is 5. The minimum atomic E-state index is -1.19. The van der Waals surface area contributed by atoms with E-state index in [4.69, 9.17) is 9.47 Å². The van der Waals surface area contributed by atoms with E-state index in [2.05, 4.69) is 0 Å². The molecule has 0 aliphatic heterocycles. The topological polar surface area (TPSA) is 94.8 Å². The van der Waals surface area contributed by atoms with Gasteiger partial charge in [0.1, 0.15) is 59.6 Å². The van der Waals surface area contributed by atoms with Gasteiger partial charge in [0.2, 0.25) is 0 Å². The Morgan fingerprint density at radius 1 is 0.618 bits per heavy atom. The van der Waals surface area contributed by atoms with Crippen LogP contribution >= 0.6 is 0 Å². The van der Waals surface area contributed by atoms with Crippen molar-refractivity contribution < 1.29 is 50.9 Å². The molecule has 55 heavy (non-hydrogen) atoms. The molecule has 0 atom stereocenters. The van der Waals surface area contributed by atoms with Gasteiger partial charge < -0.3 is 23.9 Å². The summed E-state index contributed by atoms with van der Waals surface area (Å²) < 4.78 is 81.2. The van der Waals surface area contributed by atoms with E-state index >= 15 is 0 Å². The van der Waals surface area contributed by atoms with Crippen molar-refractivity contribution in [2.75, 3.05) is 0 Å². The highest BCUT2D eigenvalue weighted by Crippen LogP contribution is 2.35. The molecule has 0 saturated carbocycles. The van der Waals surface area contributed by atoms with Crippen LogP contribution in [0.3, 0.4) is 0 Å². The number of Topliss-reactive ketones (excluding diaryl/α,β-unsaturated/α-hetero) is 2. The zero-order valence-corrected chi connectivity index (χ0v) is 29.6. The van der Waals surface area contributed by atoms with Crippen molar-refractivity contribution in [3.05, 3.63) is 172 Å². The molecule has 5 aromatic carbocycles.